The molecule has 0 aliphatic carbocycles. The Morgan fingerprint density at radius 3 is 2.64 bits per heavy atom. The lowest BCUT2D eigenvalue weighted by Gasteiger charge is -2.39. The highest BCUT2D eigenvalue weighted by Gasteiger charge is 2.41. The number of hydrogen-bond acceptors (Lipinski definition) is 4. The molecule has 1 saturated heterocycles. The predicted octanol–water partition coefficient (Wildman–Crippen LogP) is 2.89. The largest absolute Gasteiger partial charge is 0.384 e. The monoisotopic (exact) mass is 332 g/mol. The van der Waals surface area contributed by atoms with E-state index >= 15 is 0 Å². The van der Waals surface area contributed by atoms with Gasteiger partial charge in [0.2, 0.25) is 5.95 Å². The molecular weight excluding hydrogens is 312 g/mol. The van der Waals surface area contributed by atoms with E-state index in [1.807, 2.05) is 24.3 Å². The number of nitrogens with one attached hydrogen (secondary N) is 2. The first-order chi connectivity index (χ1) is 12.3. The van der Waals surface area contributed by atoms with Gasteiger partial charge in [-0.3, -0.25) is 9.78 Å². The molecule has 1 fully saturated rings. The van der Waals surface area contributed by atoms with Crippen molar-refractivity contribution in [2.45, 2.75) is 18.3 Å². The predicted molar refractivity (Wildman–Crippen MR) is 100 cm³/mol. The summed E-state index contributed by atoms with van der Waals surface area (Å²) in [5.41, 5.74) is 3.62. The lowest BCUT2D eigenvalue weighted by Crippen LogP contribution is -2.44. The fourth-order valence-corrected chi connectivity index (χ4v) is 4.28. The summed E-state index contributed by atoms with van der Waals surface area (Å²) in [5, 5.41) is 4.20. The van der Waals surface area contributed by atoms with Crippen LogP contribution in [0.2, 0.25) is 0 Å². The maximum Gasteiger partial charge on any atom is 0.260 e. The number of aromatic amines is 1. The molecule has 0 amide bonds. The molecule has 5 nitrogen and oxygen atoms in total. The number of benzene rings is 2. The molecule has 2 aliphatic rings. The number of piperidine rings is 1. The first-order valence-electron chi connectivity index (χ1n) is 8.83. The Kier molecular flexibility index (Phi) is 3.10. The Bertz CT molecular complexity index is 1000. The summed E-state index contributed by atoms with van der Waals surface area (Å²) in [5.74, 6) is 0.692. The molecule has 1 spiro atoms. The average molecular weight is 332 g/mol. The molecule has 3 heterocycles. The van der Waals surface area contributed by atoms with Gasteiger partial charge in [-0.25, -0.2) is 4.98 Å². The van der Waals surface area contributed by atoms with E-state index in [1.54, 1.807) is 0 Å². The van der Waals surface area contributed by atoms with E-state index in [4.69, 9.17) is 0 Å². The summed E-state index contributed by atoms with van der Waals surface area (Å²) >= 11 is 0. The minimum absolute atomic E-state index is 0.0613. The molecule has 126 valence electrons. The van der Waals surface area contributed by atoms with E-state index in [0.29, 0.717) is 11.3 Å². The first-order valence-corrected chi connectivity index (χ1v) is 8.83. The third-order valence-electron chi connectivity index (χ3n) is 5.74. The van der Waals surface area contributed by atoms with Gasteiger partial charge in [-0.1, -0.05) is 30.3 Å². The fraction of sp³-hybridized carbons (Fsp3) is 0.300. The first kappa shape index (κ1) is 14.5. The van der Waals surface area contributed by atoms with Gasteiger partial charge in [-0.2, -0.15) is 0 Å². The normalized spacial score (nSPS) is 18.3. The highest BCUT2D eigenvalue weighted by Crippen LogP contribution is 2.44. The molecule has 2 N–H and O–H groups in total. The molecule has 0 radical (unpaired) electrons. The summed E-state index contributed by atoms with van der Waals surface area (Å²) in [6, 6.07) is 16.1. The van der Waals surface area contributed by atoms with Gasteiger partial charge in [-0.15, -0.1) is 0 Å². The molecule has 1 aromatic heterocycles. The lowest BCUT2D eigenvalue weighted by molar-refractivity contribution is 0.359. The van der Waals surface area contributed by atoms with Crippen LogP contribution in [0.5, 0.6) is 0 Å². The van der Waals surface area contributed by atoms with Crippen molar-refractivity contribution < 1.29 is 0 Å². The van der Waals surface area contributed by atoms with Gasteiger partial charge in [0.05, 0.1) is 10.9 Å². The van der Waals surface area contributed by atoms with Crippen LogP contribution >= 0.6 is 0 Å². The van der Waals surface area contributed by atoms with Crippen molar-refractivity contribution in [2.24, 2.45) is 0 Å². The average Bonchev–Trinajstić information content (AvgIpc) is 3.01. The van der Waals surface area contributed by atoms with Crippen LogP contribution in [-0.4, -0.2) is 29.6 Å². The van der Waals surface area contributed by atoms with E-state index in [-0.39, 0.29) is 11.0 Å². The summed E-state index contributed by atoms with van der Waals surface area (Å²) in [6.45, 7) is 2.80. The van der Waals surface area contributed by atoms with Crippen molar-refractivity contribution in [1.29, 1.82) is 0 Å². The molecular formula is C20H20N4O. The van der Waals surface area contributed by atoms with Crippen LogP contribution < -0.4 is 15.8 Å². The van der Waals surface area contributed by atoms with Gasteiger partial charge >= 0.3 is 0 Å². The van der Waals surface area contributed by atoms with Crippen LogP contribution in [0.15, 0.2) is 53.3 Å². The molecule has 0 atom stereocenters. The third kappa shape index (κ3) is 2.22. The number of para-hydroxylation sites is 2. The van der Waals surface area contributed by atoms with E-state index in [1.165, 1.54) is 11.3 Å². The zero-order chi connectivity index (χ0) is 16.9. The van der Waals surface area contributed by atoms with Crippen molar-refractivity contribution in [3.8, 4) is 0 Å². The van der Waals surface area contributed by atoms with Gasteiger partial charge in [0.25, 0.3) is 5.56 Å². The smallest absolute Gasteiger partial charge is 0.260 e. The van der Waals surface area contributed by atoms with E-state index in [9.17, 15) is 4.79 Å². The van der Waals surface area contributed by atoms with Crippen molar-refractivity contribution in [3.63, 3.8) is 0 Å². The Hall–Kier alpha value is -2.82. The molecule has 25 heavy (non-hydrogen) atoms. The number of hydrogen-bond donors (Lipinski definition) is 2. The quantitative estimate of drug-likeness (QED) is 0.719. The second-order valence-corrected chi connectivity index (χ2v) is 7.07. The Morgan fingerprint density at radius 2 is 1.76 bits per heavy atom. The zero-order valence-electron chi connectivity index (χ0n) is 14.0. The number of aromatic nitrogens is 2. The summed E-state index contributed by atoms with van der Waals surface area (Å²) in [7, 11) is 0. The van der Waals surface area contributed by atoms with Crippen molar-refractivity contribution in [3.05, 3.63) is 64.4 Å². The Balaban J connectivity index is 1.44. The van der Waals surface area contributed by atoms with Gasteiger partial charge in [-0.05, 0) is 36.6 Å². The Labute approximate surface area is 145 Å². The topological polar surface area (TPSA) is 61.0 Å². The van der Waals surface area contributed by atoms with Crippen LogP contribution in [0.25, 0.3) is 10.9 Å². The van der Waals surface area contributed by atoms with Crippen molar-refractivity contribution in [1.82, 2.24) is 9.97 Å². The van der Waals surface area contributed by atoms with Crippen molar-refractivity contribution >= 4 is 22.5 Å². The van der Waals surface area contributed by atoms with Gasteiger partial charge in [0.15, 0.2) is 0 Å². The molecule has 3 aromatic rings. The standard InChI is InChI=1S/C20H20N4O/c25-18-14-5-1-3-7-16(14)22-19(23-18)24-11-9-20(10-12-24)13-21-17-8-4-2-6-15(17)20/h1-8,21H,9-13H2,(H,22,23,25). The van der Waals surface area contributed by atoms with E-state index in [2.05, 4.69) is 44.5 Å². The van der Waals surface area contributed by atoms with Crippen LogP contribution in [0.4, 0.5) is 11.6 Å². The number of nitrogens with zero attached hydrogens (tertiary/aromatic N) is 2. The van der Waals surface area contributed by atoms with Crippen LogP contribution in [0, 0.1) is 0 Å². The minimum atomic E-state index is -0.0613. The molecule has 0 unspecified atom stereocenters. The van der Waals surface area contributed by atoms with Crippen LogP contribution in [0.1, 0.15) is 18.4 Å². The fourth-order valence-electron chi connectivity index (χ4n) is 4.28. The molecule has 2 aliphatic heterocycles. The molecule has 5 rings (SSSR count). The lowest BCUT2D eigenvalue weighted by atomic mass is 9.74. The number of H-pyrrole nitrogens is 1. The minimum Gasteiger partial charge on any atom is -0.384 e. The summed E-state index contributed by atoms with van der Waals surface area (Å²) in [4.78, 5) is 22.2. The van der Waals surface area contributed by atoms with Gasteiger partial charge < -0.3 is 10.2 Å². The highest BCUT2D eigenvalue weighted by molar-refractivity contribution is 5.78. The van der Waals surface area contributed by atoms with E-state index < -0.39 is 0 Å². The highest BCUT2D eigenvalue weighted by atomic mass is 16.1. The van der Waals surface area contributed by atoms with Gasteiger partial charge in [0.1, 0.15) is 0 Å². The second-order valence-electron chi connectivity index (χ2n) is 7.07. The van der Waals surface area contributed by atoms with Gasteiger partial charge in [0, 0.05) is 30.7 Å². The number of anilines is 2. The zero-order valence-corrected chi connectivity index (χ0v) is 14.0. The van der Waals surface area contributed by atoms with Crippen LogP contribution in [-0.2, 0) is 5.41 Å². The SMILES string of the molecule is O=c1[nH]c(N2CCC3(CC2)CNc2ccccc23)nc2ccccc12. The summed E-state index contributed by atoms with van der Waals surface area (Å²) < 4.78 is 0. The molecule has 5 heteroatoms. The second kappa shape index (κ2) is 5.34. The molecule has 2 aromatic carbocycles. The Morgan fingerprint density at radius 1 is 1.00 bits per heavy atom. The number of rotatable bonds is 1. The third-order valence-corrected chi connectivity index (χ3v) is 5.74. The van der Waals surface area contributed by atoms with Crippen molar-refractivity contribution in [2.75, 3.05) is 29.9 Å². The molecule has 0 bridgehead atoms. The van der Waals surface area contributed by atoms with Crippen LogP contribution in [0.3, 0.4) is 0 Å². The maximum atomic E-state index is 12.3. The van der Waals surface area contributed by atoms with E-state index in [0.717, 1.165) is 38.0 Å². The number of fused-ring (bicyclic) bond motifs is 3. The summed E-state index contributed by atoms with van der Waals surface area (Å²) in [6.07, 6.45) is 2.13. The molecule has 0 saturated carbocycles. The maximum absolute atomic E-state index is 12.3.